The van der Waals surface area contributed by atoms with E-state index in [1.54, 1.807) is 0 Å². The molecular weight excluding hydrogens is 791 g/mol. The molecular formula is C58H113NO5. The van der Waals surface area contributed by atoms with Gasteiger partial charge in [0.1, 0.15) is 0 Å². The van der Waals surface area contributed by atoms with Gasteiger partial charge in [0.05, 0.1) is 25.4 Å². The zero-order chi connectivity index (χ0) is 46.5. The molecule has 0 aliphatic rings. The topological polar surface area (TPSA) is 95.9 Å². The Balaban J connectivity index is 3.41. The second-order valence-corrected chi connectivity index (χ2v) is 20.0. The Labute approximate surface area is 399 Å². The fraction of sp³-hybridized carbons (Fsp3) is 0.931. The van der Waals surface area contributed by atoms with Gasteiger partial charge in [-0.15, -0.1) is 0 Å². The highest BCUT2D eigenvalue weighted by molar-refractivity contribution is 5.76. The van der Waals surface area contributed by atoms with Crippen LogP contribution >= 0.6 is 0 Å². The molecule has 0 radical (unpaired) electrons. The van der Waals surface area contributed by atoms with E-state index in [0.29, 0.717) is 25.9 Å². The van der Waals surface area contributed by atoms with E-state index in [9.17, 15) is 19.8 Å². The molecule has 6 heteroatoms. The molecule has 0 saturated heterocycles. The molecule has 6 nitrogen and oxygen atoms in total. The van der Waals surface area contributed by atoms with Crippen molar-refractivity contribution in [2.45, 2.75) is 334 Å². The summed E-state index contributed by atoms with van der Waals surface area (Å²) in [7, 11) is 0. The van der Waals surface area contributed by atoms with E-state index in [0.717, 1.165) is 44.9 Å². The quantitative estimate of drug-likeness (QED) is 0.0321. The summed E-state index contributed by atoms with van der Waals surface area (Å²) in [6.07, 6.45) is 63.4. The molecule has 0 spiro atoms. The van der Waals surface area contributed by atoms with Crippen molar-refractivity contribution < 1.29 is 24.5 Å². The summed E-state index contributed by atoms with van der Waals surface area (Å²) in [5.74, 6) is -0.0387. The van der Waals surface area contributed by atoms with Crippen LogP contribution in [0, 0.1) is 0 Å². The van der Waals surface area contributed by atoms with Crippen LogP contribution in [0.25, 0.3) is 0 Å². The number of aliphatic hydroxyl groups is 2. The highest BCUT2D eigenvalue weighted by Gasteiger charge is 2.20. The third-order valence-electron chi connectivity index (χ3n) is 13.6. The van der Waals surface area contributed by atoms with Crippen LogP contribution in [0.4, 0.5) is 0 Å². The molecule has 0 rings (SSSR count). The Morgan fingerprint density at radius 1 is 0.422 bits per heavy atom. The summed E-state index contributed by atoms with van der Waals surface area (Å²) in [6.45, 7) is 4.94. The van der Waals surface area contributed by atoms with E-state index in [4.69, 9.17) is 4.74 Å². The van der Waals surface area contributed by atoms with E-state index in [-0.39, 0.29) is 18.5 Å². The number of esters is 1. The molecule has 1 amide bonds. The number of ether oxygens (including phenoxy) is 1. The number of rotatable bonds is 54. The molecule has 0 aliphatic heterocycles. The van der Waals surface area contributed by atoms with Crippen molar-refractivity contribution in [2.75, 3.05) is 13.2 Å². The van der Waals surface area contributed by atoms with Gasteiger partial charge in [0.15, 0.2) is 0 Å². The molecule has 0 aromatic heterocycles. The zero-order valence-electron chi connectivity index (χ0n) is 43.3. The monoisotopic (exact) mass is 904 g/mol. The Kier molecular flexibility index (Phi) is 53.0. The van der Waals surface area contributed by atoms with Gasteiger partial charge in [-0.3, -0.25) is 9.59 Å². The molecule has 2 atom stereocenters. The van der Waals surface area contributed by atoms with E-state index < -0.39 is 12.1 Å². The maximum Gasteiger partial charge on any atom is 0.305 e. The van der Waals surface area contributed by atoms with Crippen LogP contribution in [0.1, 0.15) is 322 Å². The second-order valence-electron chi connectivity index (χ2n) is 20.0. The van der Waals surface area contributed by atoms with Gasteiger partial charge in [0, 0.05) is 12.8 Å². The molecule has 0 fully saturated rings. The van der Waals surface area contributed by atoms with E-state index in [1.807, 2.05) is 0 Å². The molecule has 64 heavy (non-hydrogen) atoms. The van der Waals surface area contributed by atoms with Crippen molar-refractivity contribution in [2.24, 2.45) is 0 Å². The standard InChI is InChI=1S/C58H113NO5/c1-3-5-7-9-11-13-15-17-18-21-24-27-30-34-38-42-46-50-56(61)55(54-60)59-57(62)51-47-43-39-35-31-28-25-22-19-20-23-26-29-33-37-41-45-49-53-64-58(63)52-48-44-40-36-32-16-14-12-10-8-6-4-2/h12,14,55-56,60-61H,3-11,13,15-54H2,1-2H3,(H,59,62)/b14-12-. The fourth-order valence-electron chi connectivity index (χ4n) is 9.11. The van der Waals surface area contributed by atoms with Crippen LogP contribution in [0.3, 0.4) is 0 Å². The van der Waals surface area contributed by atoms with Gasteiger partial charge in [0.2, 0.25) is 5.91 Å². The summed E-state index contributed by atoms with van der Waals surface area (Å²) in [6, 6.07) is -0.544. The summed E-state index contributed by atoms with van der Waals surface area (Å²) in [5, 5.41) is 23.3. The SMILES string of the molecule is CCCCC/C=C\CCCCCCCC(=O)OCCCCCCCCCCCCCCCCCCCCC(=O)NC(CO)C(O)CCCCCCCCCCCCCCCCCCC. The number of aliphatic hydroxyl groups excluding tert-OH is 2. The Bertz CT molecular complexity index is 955. The van der Waals surface area contributed by atoms with Crippen molar-refractivity contribution >= 4 is 11.9 Å². The molecule has 0 aliphatic carbocycles. The molecule has 0 saturated carbocycles. The van der Waals surface area contributed by atoms with Crippen molar-refractivity contribution in [3.63, 3.8) is 0 Å². The number of unbranched alkanes of at least 4 members (excludes halogenated alkanes) is 41. The van der Waals surface area contributed by atoms with E-state index in [1.165, 1.54) is 244 Å². The van der Waals surface area contributed by atoms with Crippen LogP contribution in [-0.2, 0) is 14.3 Å². The molecule has 0 heterocycles. The van der Waals surface area contributed by atoms with Crippen molar-refractivity contribution in [1.29, 1.82) is 0 Å². The third-order valence-corrected chi connectivity index (χ3v) is 13.6. The minimum atomic E-state index is -0.666. The van der Waals surface area contributed by atoms with Gasteiger partial charge in [-0.2, -0.15) is 0 Å². The summed E-state index contributed by atoms with van der Waals surface area (Å²) < 4.78 is 5.46. The van der Waals surface area contributed by atoms with E-state index in [2.05, 4.69) is 31.3 Å². The number of hydrogen-bond donors (Lipinski definition) is 3. The molecule has 0 aromatic rings. The molecule has 380 valence electrons. The smallest absolute Gasteiger partial charge is 0.305 e. The molecule has 2 unspecified atom stereocenters. The Morgan fingerprint density at radius 3 is 1.14 bits per heavy atom. The van der Waals surface area contributed by atoms with E-state index >= 15 is 0 Å². The highest BCUT2D eigenvalue weighted by atomic mass is 16.5. The third kappa shape index (κ3) is 50.0. The number of amides is 1. The Hall–Kier alpha value is -1.40. The van der Waals surface area contributed by atoms with Crippen molar-refractivity contribution in [1.82, 2.24) is 5.32 Å². The molecule has 0 bridgehead atoms. The average Bonchev–Trinajstić information content (AvgIpc) is 3.29. The first kappa shape index (κ1) is 62.6. The summed E-state index contributed by atoms with van der Waals surface area (Å²) in [4.78, 5) is 24.5. The lowest BCUT2D eigenvalue weighted by molar-refractivity contribution is -0.143. The predicted molar refractivity (Wildman–Crippen MR) is 278 cm³/mol. The van der Waals surface area contributed by atoms with Gasteiger partial charge in [-0.05, 0) is 51.4 Å². The number of hydrogen-bond acceptors (Lipinski definition) is 5. The first-order chi connectivity index (χ1) is 31.5. The lowest BCUT2D eigenvalue weighted by Crippen LogP contribution is -2.45. The van der Waals surface area contributed by atoms with Crippen LogP contribution in [-0.4, -0.2) is 47.4 Å². The average molecular weight is 905 g/mol. The first-order valence-electron chi connectivity index (χ1n) is 28.9. The predicted octanol–water partition coefficient (Wildman–Crippen LogP) is 17.7. The van der Waals surface area contributed by atoms with Gasteiger partial charge >= 0.3 is 5.97 Å². The fourth-order valence-corrected chi connectivity index (χ4v) is 9.11. The van der Waals surface area contributed by atoms with Crippen LogP contribution in [0.2, 0.25) is 0 Å². The zero-order valence-corrected chi connectivity index (χ0v) is 43.3. The van der Waals surface area contributed by atoms with Gasteiger partial charge < -0.3 is 20.3 Å². The van der Waals surface area contributed by atoms with Gasteiger partial charge in [-0.1, -0.05) is 270 Å². The molecule has 0 aromatic carbocycles. The van der Waals surface area contributed by atoms with Crippen molar-refractivity contribution in [3.05, 3.63) is 12.2 Å². The minimum Gasteiger partial charge on any atom is -0.466 e. The molecule has 3 N–H and O–H groups in total. The van der Waals surface area contributed by atoms with Gasteiger partial charge in [0.25, 0.3) is 0 Å². The van der Waals surface area contributed by atoms with Gasteiger partial charge in [-0.25, -0.2) is 0 Å². The summed E-state index contributed by atoms with van der Waals surface area (Å²) >= 11 is 0. The Morgan fingerprint density at radius 2 is 0.734 bits per heavy atom. The summed E-state index contributed by atoms with van der Waals surface area (Å²) in [5.41, 5.74) is 0. The van der Waals surface area contributed by atoms with Crippen LogP contribution < -0.4 is 5.32 Å². The lowest BCUT2D eigenvalue weighted by atomic mass is 10.0. The van der Waals surface area contributed by atoms with Crippen LogP contribution in [0.5, 0.6) is 0 Å². The largest absolute Gasteiger partial charge is 0.466 e. The number of nitrogens with one attached hydrogen (secondary N) is 1. The highest BCUT2D eigenvalue weighted by Crippen LogP contribution is 2.18. The first-order valence-corrected chi connectivity index (χ1v) is 28.9. The lowest BCUT2D eigenvalue weighted by Gasteiger charge is -2.22. The number of carbonyl (C=O) groups excluding carboxylic acids is 2. The van der Waals surface area contributed by atoms with Crippen molar-refractivity contribution in [3.8, 4) is 0 Å². The maximum atomic E-state index is 12.5. The number of carbonyl (C=O) groups is 2. The number of allylic oxidation sites excluding steroid dienone is 2. The normalized spacial score (nSPS) is 12.6. The van der Waals surface area contributed by atoms with Crippen LogP contribution in [0.15, 0.2) is 12.2 Å². The minimum absolute atomic E-state index is 0.00218. The second kappa shape index (κ2) is 54.2. The maximum absolute atomic E-state index is 12.5.